The molecule has 1 saturated heterocycles. The highest BCUT2D eigenvalue weighted by atomic mass is 16.6. The molecule has 0 aromatic heterocycles. The molecular weight excluding hydrogens is 644 g/mol. The largest absolute Gasteiger partial charge is 0.443 e. The predicted octanol–water partition coefficient (Wildman–Crippen LogP) is 4.41. The van der Waals surface area contributed by atoms with E-state index in [1.165, 1.54) is 25.3 Å². The summed E-state index contributed by atoms with van der Waals surface area (Å²) in [4.78, 5) is 71.0. The lowest BCUT2D eigenvalue weighted by atomic mass is 9.54. The van der Waals surface area contributed by atoms with Gasteiger partial charge >= 0.3 is 6.09 Å². The van der Waals surface area contributed by atoms with Crippen molar-refractivity contribution in [3.8, 4) is 0 Å². The molecule has 3 unspecified atom stereocenters. The monoisotopic (exact) mass is 696 g/mol. The zero-order valence-electron chi connectivity index (χ0n) is 30.0. The number of rotatable bonds is 13. The van der Waals surface area contributed by atoms with Gasteiger partial charge in [0.1, 0.15) is 17.7 Å². The topological polar surface area (TPSA) is 134 Å². The average molecular weight is 697 g/mol. The molecule has 4 bridgehead atoms. The third-order valence-corrected chi connectivity index (χ3v) is 14.6. The molecule has 3 N–H and O–H groups in total. The van der Waals surface area contributed by atoms with Gasteiger partial charge in [-0.25, -0.2) is 4.79 Å². The summed E-state index contributed by atoms with van der Waals surface area (Å²) in [6, 6.07) is 5.36. The van der Waals surface area contributed by atoms with Gasteiger partial charge in [0.05, 0.1) is 6.04 Å². The first-order valence-electron chi connectivity index (χ1n) is 19.1. The van der Waals surface area contributed by atoms with E-state index in [1.807, 2.05) is 12.1 Å². The number of ketones is 1. The Morgan fingerprint density at radius 2 is 1.57 bits per heavy atom. The number of ether oxygens (including phenoxy) is 1. The summed E-state index contributed by atoms with van der Waals surface area (Å²) in [5.41, 5.74) is 1.09. The molecular formula is C41H52N4O6. The van der Waals surface area contributed by atoms with E-state index in [0.29, 0.717) is 43.6 Å². The minimum Gasteiger partial charge on any atom is -0.443 e. The van der Waals surface area contributed by atoms with Crippen LogP contribution in [0.3, 0.4) is 0 Å². The molecule has 9 rings (SSSR count). The van der Waals surface area contributed by atoms with E-state index in [-0.39, 0.29) is 35.6 Å². The highest BCUT2D eigenvalue weighted by Gasteiger charge is 3.02. The fraction of sp³-hybridized carbons (Fsp3) is 0.634. The van der Waals surface area contributed by atoms with Gasteiger partial charge in [0.25, 0.3) is 5.91 Å². The van der Waals surface area contributed by atoms with Crippen molar-refractivity contribution in [2.24, 2.45) is 39.9 Å². The van der Waals surface area contributed by atoms with Crippen LogP contribution in [-0.4, -0.2) is 71.3 Å². The van der Waals surface area contributed by atoms with E-state index >= 15 is 0 Å². The molecule has 1 aromatic carbocycles. The molecule has 4 amide bonds. The Balaban J connectivity index is 1.05. The molecule has 0 spiro atoms. The van der Waals surface area contributed by atoms with Crippen LogP contribution in [0.4, 0.5) is 4.79 Å². The van der Waals surface area contributed by atoms with Gasteiger partial charge in [-0.15, -0.1) is 13.2 Å². The number of piperidine rings is 2. The Bertz CT molecular complexity index is 1640. The molecule has 1 aromatic rings. The van der Waals surface area contributed by atoms with Crippen LogP contribution < -0.4 is 16.0 Å². The van der Waals surface area contributed by atoms with Crippen molar-refractivity contribution < 1.29 is 28.7 Å². The number of nitrogens with one attached hydrogen (secondary N) is 3. The highest BCUT2D eigenvalue weighted by molar-refractivity contribution is 6.38. The van der Waals surface area contributed by atoms with Crippen molar-refractivity contribution in [3.63, 3.8) is 0 Å². The standard InChI is InChI=1S/C41H52N4O6/c1-5-7-12-30(32(46)34(47)42-13-6-2)43-35(48)33-41-22-40(41,38(41,3)4)23-45(33)36(49)31(29-17-27-10-8-9-11-28(27)18-29)44-37(50)51-39-19-24-14-25(20-39)16-26(15-24)21-39/h5-6,8-11,24-26,29-31,33H,1-2,7,12-23H2,3-4H3,(H,42,47)(H,43,48)(H,44,50)/t24?,25?,26?,30?,31-,33+,39?,40?,41?/m0/s1. The van der Waals surface area contributed by atoms with Crippen molar-refractivity contribution in [2.45, 2.75) is 108 Å². The number of hydrogen-bond acceptors (Lipinski definition) is 6. The zero-order chi connectivity index (χ0) is 35.9. The zero-order valence-corrected chi connectivity index (χ0v) is 30.0. The number of Topliss-reactive ketones (excluding diaryl/α,β-unsaturated/α-hetero) is 1. The minimum atomic E-state index is -1.07. The minimum absolute atomic E-state index is 0.127. The molecule has 10 heteroatoms. The average Bonchev–Trinajstić information content (AvgIpc) is 3.63. The van der Waals surface area contributed by atoms with Crippen LogP contribution in [0.5, 0.6) is 0 Å². The quantitative estimate of drug-likeness (QED) is 0.207. The first-order valence-corrected chi connectivity index (χ1v) is 19.1. The Hall–Kier alpha value is -3.95. The van der Waals surface area contributed by atoms with Gasteiger partial charge in [-0.2, -0.15) is 0 Å². The van der Waals surface area contributed by atoms with E-state index < -0.39 is 52.8 Å². The van der Waals surface area contributed by atoms with E-state index in [9.17, 15) is 24.0 Å². The van der Waals surface area contributed by atoms with Gasteiger partial charge in [-0.1, -0.05) is 50.3 Å². The summed E-state index contributed by atoms with van der Waals surface area (Å²) in [6.45, 7) is 12.2. The molecule has 7 aliphatic carbocycles. The van der Waals surface area contributed by atoms with Crippen molar-refractivity contribution in [2.75, 3.05) is 13.1 Å². The number of alkyl carbamates (subject to hydrolysis) is 1. The molecule has 0 radical (unpaired) electrons. The summed E-state index contributed by atoms with van der Waals surface area (Å²) in [7, 11) is 0. The van der Waals surface area contributed by atoms with Gasteiger partial charge in [0.2, 0.25) is 17.6 Å². The molecule has 5 atom stereocenters. The SMILES string of the molecule is C=CCCC(NC(=O)[C@H]1N(C(=O)[C@@H](NC(=O)OC23CC4CC(CC(C4)C2)C3)C2Cc3ccccc3C2)CC23CC12C3(C)C)C(=O)C(=O)NCC=C. The summed E-state index contributed by atoms with van der Waals surface area (Å²) in [6.07, 6.45) is 11.7. The molecule has 6 saturated carbocycles. The van der Waals surface area contributed by atoms with Crippen LogP contribution >= 0.6 is 0 Å². The van der Waals surface area contributed by atoms with Crippen molar-refractivity contribution in [1.82, 2.24) is 20.9 Å². The second-order valence-electron chi connectivity index (χ2n) is 17.6. The second kappa shape index (κ2) is 12.1. The van der Waals surface area contributed by atoms with E-state index in [0.717, 1.165) is 36.8 Å². The Morgan fingerprint density at radius 1 is 0.941 bits per heavy atom. The molecule has 1 aliphatic heterocycles. The van der Waals surface area contributed by atoms with Crippen LogP contribution in [0, 0.1) is 39.9 Å². The van der Waals surface area contributed by atoms with E-state index in [2.05, 4.69) is 55.1 Å². The molecule has 51 heavy (non-hydrogen) atoms. The van der Waals surface area contributed by atoms with Crippen LogP contribution in [0.2, 0.25) is 0 Å². The molecule has 1 heterocycles. The molecule has 7 fully saturated rings. The lowest BCUT2D eigenvalue weighted by molar-refractivity contribution is -0.148. The molecule has 8 aliphatic rings. The summed E-state index contributed by atoms with van der Waals surface area (Å²) >= 11 is 0. The van der Waals surface area contributed by atoms with Gasteiger partial charge in [-0.05, 0) is 111 Å². The smallest absolute Gasteiger partial charge is 0.408 e. The summed E-state index contributed by atoms with van der Waals surface area (Å²) in [5.74, 6) is -0.647. The maximum atomic E-state index is 15.0. The number of benzene rings is 1. The third-order valence-electron chi connectivity index (χ3n) is 14.6. The predicted molar refractivity (Wildman–Crippen MR) is 190 cm³/mol. The van der Waals surface area contributed by atoms with E-state index in [1.54, 1.807) is 11.0 Å². The van der Waals surface area contributed by atoms with Crippen molar-refractivity contribution in [1.29, 1.82) is 0 Å². The summed E-state index contributed by atoms with van der Waals surface area (Å²) < 4.78 is 6.37. The van der Waals surface area contributed by atoms with Crippen LogP contribution in [0.1, 0.15) is 82.8 Å². The number of amides is 4. The Labute approximate surface area is 300 Å². The highest BCUT2D eigenvalue weighted by Crippen LogP contribution is 3.00. The number of nitrogens with zero attached hydrogens (tertiary/aromatic N) is 1. The molecule has 10 nitrogen and oxygen atoms in total. The molecule has 272 valence electrons. The van der Waals surface area contributed by atoms with Gasteiger partial charge in [0.15, 0.2) is 0 Å². The maximum absolute atomic E-state index is 15.0. The first kappa shape index (κ1) is 34.2. The Morgan fingerprint density at radius 3 is 2.14 bits per heavy atom. The summed E-state index contributed by atoms with van der Waals surface area (Å²) in [5, 5.41) is 8.51. The third kappa shape index (κ3) is 5.20. The second-order valence-corrected chi connectivity index (χ2v) is 17.6. The van der Waals surface area contributed by atoms with Gasteiger partial charge in [0, 0.05) is 23.9 Å². The lowest BCUT2D eigenvalue weighted by Crippen LogP contribution is -2.62. The fourth-order valence-corrected chi connectivity index (χ4v) is 12.4. The van der Waals surface area contributed by atoms with Crippen molar-refractivity contribution >= 4 is 29.6 Å². The number of hydrogen-bond donors (Lipinski definition) is 3. The fourth-order valence-electron chi connectivity index (χ4n) is 12.4. The van der Waals surface area contributed by atoms with Crippen molar-refractivity contribution in [3.05, 3.63) is 60.7 Å². The normalized spacial score (nSPS) is 35.4. The number of likely N-dealkylation sites (tertiary alicyclic amines) is 1. The van der Waals surface area contributed by atoms with Crippen LogP contribution in [0.25, 0.3) is 0 Å². The van der Waals surface area contributed by atoms with Gasteiger partial charge < -0.3 is 25.6 Å². The number of carbonyl (C=O) groups excluding carboxylic acids is 5. The number of allylic oxidation sites excluding steroid dienone is 1. The number of fused-ring (bicyclic) bond motifs is 1. The lowest BCUT2D eigenvalue weighted by Gasteiger charge is -2.55. The van der Waals surface area contributed by atoms with Crippen LogP contribution in [-0.2, 0) is 36.8 Å². The Kier molecular flexibility index (Phi) is 8.07. The van der Waals surface area contributed by atoms with Crippen LogP contribution in [0.15, 0.2) is 49.6 Å². The van der Waals surface area contributed by atoms with E-state index in [4.69, 9.17) is 4.74 Å². The first-order chi connectivity index (χ1) is 24.4. The number of carbonyl (C=O) groups is 5. The van der Waals surface area contributed by atoms with Gasteiger partial charge in [-0.3, -0.25) is 19.2 Å². The maximum Gasteiger partial charge on any atom is 0.408 e.